The molecule has 15 aromatic carbocycles. The number of benzene rings is 15. The van der Waals surface area contributed by atoms with Crippen molar-refractivity contribution in [1.82, 2.24) is 27.4 Å². The molecule has 8 nitrogen and oxygen atoms in total. The third-order valence-electron chi connectivity index (χ3n) is 21.0. The highest BCUT2D eigenvalue weighted by molar-refractivity contribution is 6.22. The van der Waals surface area contributed by atoms with Crippen molar-refractivity contribution in [2.45, 2.75) is 0 Å². The van der Waals surface area contributed by atoms with Gasteiger partial charge in [-0.25, -0.2) is 4.85 Å². The normalized spacial score (nSPS) is 12.0. The fourth-order valence-corrected chi connectivity index (χ4v) is 16.7. The average Bonchev–Trinajstić information content (AvgIpc) is 1.55. The Balaban J connectivity index is 0.804. The number of fused-ring (bicyclic) bond motifs is 18. The quantitative estimate of drug-likeness (QED) is 0.140. The first-order valence-electron chi connectivity index (χ1n) is 33.8. The van der Waals surface area contributed by atoms with Crippen LogP contribution in [-0.4, -0.2) is 27.4 Å². The number of aromatic nitrogens is 6. The van der Waals surface area contributed by atoms with Crippen molar-refractivity contribution in [1.29, 1.82) is 5.26 Å². The fraction of sp³-hybridized carbons (Fsp3) is 0. The van der Waals surface area contributed by atoms with Gasteiger partial charge in [0.05, 0.1) is 89.7 Å². The number of hydrogen-bond donors (Lipinski definition) is 0. The lowest BCUT2D eigenvalue weighted by Crippen LogP contribution is -2.02. The highest BCUT2D eigenvalue weighted by atomic mass is 15.0. The lowest BCUT2D eigenvalue weighted by Gasteiger charge is -2.16. The summed E-state index contributed by atoms with van der Waals surface area (Å²) in [4.78, 5) is 4.49. The lowest BCUT2D eigenvalue weighted by atomic mass is 10.00. The van der Waals surface area contributed by atoms with Crippen LogP contribution >= 0.6 is 0 Å². The Morgan fingerprint density at radius 1 is 0.220 bits per heavy atom. The molecule has 0 fully saturated rings. The average molecular weight is 1270 g/mol. The molecular formula is C92H54N8. The van der Waals surface area contributed by atoms with Gasteiger partial charge in [-0.15, -0.1) is 0 Å². The van der Waals surface area contributed by atoms with Gasteiger partial charge in [0, 0.05) is 87.4 Å². The molecule has 0 saturated heterocycles. The number of nitrogens with zero attached hydrogens (tertiary/aromatic N) is 8. The van der Waals surface area contributed by atoms with Crippen LogP contribution < -0.4 is 0 Å². The van der Waals surface area contributed by atoms with E-state index in [1.807, 2.05) is 12.1 Å². The smallest absolute Gasteiger partial charge is 0.212 e. The van der Waals surface area contributed by atoms with Gasteiger partial charge in [0.1, 0.15) is 6.07 Å². The van der Waals surface area contributed by atoms with E-state index in [2.05, 4.69) is 354 Å². The molecule has 0 aliphatic rings. The molecule has 462 valence electrons. The number of nitriles is 1. The monoisotopic (exact) mass is 1270 g/mol. The van der Waals surface area contributed by atoms with Crippen LogP contribution in [0.3, 0.4) is 0 Å². The van der Waals surface area contributed by atoms with Gasteiger partial charge in [-0.1, -0.05) is 170 Å². The van der Waals surface area contributed by atoms with Crippen molar-refractivity contribution in [3.05, 3.63) is 345 Å². The Morgan fingerprint density at radius 2 is 0.470 bits per heavy atom. The molecule has 6 aromatic heterocycles. The minimum atomic E-state index is 0.417. The van der Waals surface area contributed by atoms with Crippen LogP contribution in [0.2, 0.25) is 0 Å². The summed E-state index contributed by atoms with van der Waals surface area (Å²) in [5, 5.41) is 25.2. The molecule has 21 rings (SSSR count). The van der Waals surface area contributed by atoms with E-state index < -0.39 is 0 Å². The van der Waals surface area contributed by atoms with Gasteiger partial charge in [0.25, 0.3) is 0 Å². The number of hydrogen-bond acceptors (Lipinski definition) is 1. The second-order valence-electron chi connectivity index (χ2n) is 26.2. The standard InChI is InChI=1S/C92H54N8/c1-94-78-55-87(99-85-44-40-59(57-38-42-83-70(46-57)66-30-14-18-34-79(66)95(83)62-22-6-2-7-23-62)48-72(85)76-53-88-74(51-90(76)99)68-32-16-20-36-81(68)97(88)64-26-10-4-11-27-64)61(56-93)50-92(78)100-86-45-41-60(58-39-43-84-71(47-58)67-31-15-19-35-80(67)96(84)63-24-8-3-9-25-63)49-73(86)77-54-89-75(52-91(77)100)69-33-17-21-37-82(69)98(89)65-28-12-5-13-29-65/h2-55H. The molecule has 0 spiro atoms. The summed E-state index contributed by atoms with van der Waals surface area (Å²) >= 11 is 0. The molecule has 0 aliphatic heterocycles. The molecule has 0 aliphatic carbocycles. The Hall–Kier alpha value is -13.9. The van der Waals surface area contributed by atoms with Gasteiger partial charge in [-0.05, 0) is 180 Å². The highest BCUT2D eigenvalue weighted by Crippen LogP contribution is 2.47. The number of rotatable bonds is 8. The lowest BCUT2D eigenvalue weighted by molar-refractivity contribution is 1.14. The van der Waals surface area contributed by atoms with Crippen LogP contribution in [0, 0.1) is 17.9 Å². The summed E-state index contributed by atoms with van der Waals surface area (Å²) in [6, 6.07) is 120. The van der Waals surface area contributed by atoms with E-state index in [9.17, 15) is 11.8 Å². The SMILES string of the molecule is [C-]#[N+]c1cc(-n2c3ccc(-c4ccc5c(c4)c4ccccc4n5-c4ccccc4)cc3c3cc4c(cc32)c2ccccc2n4-c2ccccc2)c(C#N)cc1-n1c2ccc(-c3ccc4c(c3)c3ccccc3n4-c3ccccc3)cc2c2cc3c(cc21)c1ccccc1n3-c1ccccc1. The summed E-state index contributed by atoms with van der Waals surface area (Å²) in [6.07, 6.45) is 0. The van der Waals surface area contributed by atoms with Crippen LogP contribution in [-0.2, 0) is 0 Å². The van der Waals surface area contributed by atoms with E-state index in [0.717, 1.165) is 154 Å². The fourth-order valence-electron chi connectivity index (χ4n) is 16.7. The molecule has 0 amide bonds. The molecule has 0 unspecified atom stereocenters. The van der Waals surface area contributed by atoms with E-state index in [1.54, 1.807) is 0 Å². The van der Waals surface area contributed by atoms with E-state index >= 15 is 0 Å². The van der Waals surface area contributed by atoms with E-state index in [-0.39, 0.29) is 0 Å². The van der Waals surface area contributed by atoms with Crippen molar-refractivity contribution in [3.8, 4) is 62.4 Å². The third kappa shape index (κ3) is 7.96. The van der Waals surface area contributed by atoms with Crippen LogP contribution in [0.5, 0.6) is 0 Å². The van der Waals surface area contributed by atoms with Crippen LogP contribution in [0.25, 0.3) is 192 Å². The van der Waals surface area contributed by atoms with Crippen molar-refractivity contribution in [2.24, 2.45) is 0 Å². The van der Waals surface area contributed by atoms with Crippen LogP contribution in [0.1, 0.15) is 5.56 Å². The third-order valence-corrected chi connectivity index (χ3v) is 21.0. The molecule has 100 heavy (non-hydrogen) atoms. The Labute approximate surface area is 572 Å². The van der Waals surface area contributed by atoms with Gasteiger partial charge in [0.2, 0.25) is 5.69 Å². The maximum absolute atomic E-state index is 11.9. The molecule has 0 atom stereocenters. The summed E-state index contributed by atoms with van der Waals surface area (Å²) in [5.74, 6) is 0. The van der Waals surface area contributed by atoms with E-state index in [0.29, 0.717) is 22.6 Å². The molecule has 8 heteroatoms. The Bertz CT molecular complexity index is 6710. The predicted octanol–water partition coefficient (Wildman–Crippen LogP) is 24.0. The predicted molar refractivity (Wildman–Crippen MR) is 414 cm³/mol. The molecular weight excluding hydrogens is 1220 g/mol. The largest absolute Gasteiger partial charge is 0.319 e. The van der Waals surface area contributed by atoms with Gasteiger partial charge < -0.3 is 27.4 Å². The van der Waals surface area contributed by atoms with E-state index in [1.165, 1.54) is 21.5 Å². The molecule has 0 saturated carbocycles. The minimum absolute atomic E-state index is 0.417. The molecule has 0 bridgehead atoms. The topological polar surface area (TPSA) is 57.7 Å². The molecule has 6 heterocycles. The van der Waals surface area contributed by atoms with Crippen molar-refractivity contribution in [3.63, 3.8) is 0 Å². The molecule has 0 N–H and O–H groups in total. The van der Waals surface area contributed by atoms with Gasteiger partial charge in [0.15, 0.2) is 0 Å². The first-order valence-corrected chi connectivity index (χ1v) is 33.8. The second kappa shape index (κ2) is 21.3. The zero-order chi connectivity index (χ0) is 65.8. The maximum atomic E-state index is 11.9. The van der Waals surface area contributed by atoms with Gasteiger partial charge in [-0.3, -0.25) is 0 Å². The Kier molecular flexibility index (Phi) is 11.8. The van der Waals surface area contributed by atoms with Crippen molar-refractivity contribution in [2.75, 3.05) is 0 Å². The zero-order valence-electron chi connectivity index (χ0n) is 53.8. The summed E-state index contributed by atoms with van der Waals surface area (Å²) in [7, 11) is 0. The highest BCUT2D eigenvalue weighted by Gasteiger charge is 2.26. The molecule has 21 aromatic rings. The van der Waals surface area contributed by atoms with Crippen molar-refractivity contribution >= 4 is 137 Å². The summed E-state index contributed by atoms with van der Waals surface area (Å²) in [5.41, 5.74) is 23.5. The molecule has 0 radical (unpaired) electrons. The minimum Gasteiger partial charge on any atom is -0.319 e. The maximum Gasteiger partial charge on any atom is 0.212 e. The zero-order valence-corrected chi connectivity index (χ0v) is 53.8. The van der Waals surface area contributed by atoms with E-state index in [4.69, 9.17) is 0 Å². The summed E-state index contributed by atoms with van der Waals surface area (Å²) < 4.78 is 13.9. The van der Waals surface area contributed by atoms with Crippen molar-refractivity contribution < 1.29 is 0 Å². The van der Waals surface area contributed by atoms with Gasteiger partial charge >= 0.3 is 0 Å². The second-order valence-corrected chi connectivity index (χ2v) is 26.2. The summed E-state index contributed by atoms with van der Waals surface area (Å²) in [6.45, 7) is 9.32. The number of para-hydroxylation sites is 8. The first kappa shape index (κ1) is 55.4. The first-order chi connectivity index (χ1) is 49.5. The van der Waals surface area contributed by atoms with Crippen LogP contribution in [0.15, 0.2) is 328 Å². The Morgan fingerprint density at radius 3 is 0.800 bits per heavy atom. The van der Waals surface area contributed by atoms with Crippen LogP contribution in [0.4, 0.5) is 5.69 Å². The van der Waals surface area contributed by atoms with Gasteiger partial charge in [-0.2, -0.15) is 5.26 Å².